The van der Waals surface area contributed by atoms with E-state index in [0.717, 1.165) is 12.0 Å². The van der Waals surface area contributed by atoms with E-state index in [1.807, 2.05) is 19.2 Å². The van der Waals surface area contributed by atoms with E-state index in [2.05, 4.69) is 20.0 Å². The van der Waals surface area contributed by atoms with Gasteiger partial charge in [-0.25, -0.2) is 9.78 Å². The summed E-state index contributed by atoms with van der Waals surface area (Å²) >= 11 is 1.35. The predicted octanol–water partition coefficient (Wildman–Crippen LogP) is 2.91. The normalized spacial score (nSPS) is 12.0. The molecule has 2 aromatic heterocycles. The molecule has 0 saturated carbocycles. The van der Waals surface area contributed by atoms with Crippen LogP contribution in [0, 0.1) is 5.92 Å². The van der Waals surface area contributed by atoms with Gasteiger partial charge < -0.3 is 15.0 Å². The van der Waals surface area contributed by atoms with Crippen molar-refractivity contribution in [3.8, 4) is 11.3 Å². The number of aromatic nitrogens is 2. The van der Waals surface area contributed by atoms with Crippen molar-refractivity contribution in [2.24, 2.45) is 5.92 Å². The summed E-state index contributed by atoms with van der Waals surface area (Å²) < 4.78 is 4.64. The molecule has 0 fully saturated rings. The molecule has 2 aromatic rings. The number of nitrogens with one attached hydrogen (secondary N) is 2. The number of hydrogen-bond donors (Lipinski definition) is 2. The number of carbonyl (C=O) groups excluding carboxylic acids is 2. The van der Waals surface area contributed by atoms with E-state index < -0.39 is 5.97 Å². The molecular weight excluding hydrogens is 290 g/mol. The fourth-order valence-electron chi connectivity index (χ4n) is 1.65. The fraction of sp³-hybridized carbons (Fsp3) is 0.357. The third-order valence-electron chi connectivity index (χ3n) is 3.18. The second-order valence-electron chi connectivity index (χ2n) is 4.63. The molecule has 1 unspecified atom stereocenters. The molecule has 112 valence electrons. The summed E-state index contributed by atoms with van der Waals surface area (Å²) in [6.45, 7) is 3.84. The van der Waals surface area contributed by atoms with Crippen molar-refractivity contribution in [3.63, 3.8) is 0 Å². The molecule has 0 spiro atoms. The van der Waals surface area contributed by atoms with Crippen molar-refractivity contribution in [2.75, 3.05) is 12.4 Å². The molecule has 0 radical (unpaired) electrons. The van der Waals surface area contributed by atoms with Gasteiger partial charge in [-0.05, 0) is 12.5 Å². The first-order valence-electron chi connectivity index (χ1n) is 6.58. The van der Waals surface area contributed by atoms with Crippen LogP contribution >= 0.6 is 11.3 Å². The zero-order valence-electron chi connectivity index (χ0n) is 12.1. The second-order valence-corrected chi connectivity index (χ2v) is 5.49. The standard InChI is InChI=1S/C14H17N3O3S/c1-4-8(2)12(18)17-14-16-11(7-21-14)9-5-10(15-6-9)13(19)20-3/h5-8,15H,4H2,1-3H3,(H,16,17,18). The van der Waals surface area contributed by atoms with Crippen molar-refractivity contribution in [3.05, 3.63) is 23.3 Å². The summed E-state index contributed by atoms with van der Waals surface area (Å²) in [6, 6.07) is 1.67. The minimum atomic E-state index is -0.429. The van der Waals surface area contributed by atoms with Crippen LogP contribution in [0.5, 0.6) is 0 Å². The lowest BCUT2D eigenvalue weighted by Gasteiger charge is -2.06. The molecule has 0 saturated heterocycles. The maximum absolute atomic E-state index is 11.8. The highest BCUT2D eigenvalue weighted by Gasteiger charge is 2.14. The van der Waals surface area contributed by atoms with E-state index in [4.69, 9.17) is 0 Å². The summed E-state index contributed by atoms with van der Waals surface area (Å²) in [5, 5.41) is 5.17. The highest BCUT2D eigenvalue weighted by atomic mass is 32.1. The Balaban J connectivity index is 2.11. The summed E-state index contributed by atoms with van der Waals surface area (Å²) in [5.41, 5.74) is 1.84. The molecule has 0 aromatic carbocycles. The number of ether oxygens (including phenoxy) is 1. The maximum atomic E-state index is 11.8. The highest BCUT2D eigenvalue weighted by molar-refractivity contribution is 7.14. The van der Waals surface area contributed by atoms with Crippen molar-refractivity contribution in [1.82, 2.24) is 9.97 Å². The topological polar surface area (TPSA) is 84.1 Å². The zero-order chi connectivity index (χ0) is 15.4. The molecular formula is C14H17N3O3S. The van der Waals surface area contributed by atoms with Crippen molar-refractivity contribution in [2.45, 2.75) is 20.3 Å². The average Bonchev–Trinajstić information content (AvgIpc) is 3.14. The van der Waals surface area contributed by atoms with Gasteiger partial charge in [0, 0.05) is 23.1 Å². The monoisotopic (exact) mass is 307 g/mol. The van der Waals surface area contributed by atoms with Crippen LogP contribution in [0.1, 0.15) is 30.8 Å². The first-order chi connectivity index (χ1) is 10.0. The largest absolute Gasteiger partial charge is 0.464 e. The number of anilines is 1. The van der Waals surface area contributed by atoms with Crippen molar-refractivity contribution >= 4 is 28.3 Å². The number of H-pyrrole nitrogens is 1. The first-order valence-corrected chi connectivity index (χ1v) is 7.46. The average molecular weight is 307 g/mol. The van der Waals surface area contributed by atoms with E-state index >= 15 is 0 Å². The van der Waals surface area contributed by atoms with Gasteiger partial charge in [0.05, 0.1) is 12.8 Å². The van der Waals surface area contributed by atoms with Crippen LogP contribution in [0.25, 0.3) is 11.3 Å². The van der Waals surface area contributed by atoms with Gasteiger partial charge in [0.2, 0.25) is 5.91 Å². The quantitative estimate of drug-likeness (QED) is 0.832. The Bertz CT molecular complexity index is 647. The molecule has 1 amide bonds. The minimum absolute atomic E-state index is 0.0391. The Morgan fingerprint density at radius 3 is 2.95 bits per heavy atom. The Hall–Kier alpha value is -2.15. The van der Waals surface area contributed by atoms with Crippen LogP contribution < -0.4 is 5.32 Å². The third kappa shape index (κ3) is 3.49. The van der Waals surface area contributed by atoms with Gasteiger partial charge in [-0.1, -0.05) is 13.8 Å². The van der Waals surface area contributed by atoms with Gasteiger partial charge in [0.1, 0.15) is 5.69 Å². The summed E-state index contributed by atoms with van der Waals surface area (Å²) in [5.74, 6) is -0.514. The number of hydrogen-bond acceptors (Lipinski definition) is 5. The number of aromatic amines is 1. The van der Waals surface area contributed by atoms with Gasteiger partial charge >= 0.3 is 5.97 Å². The Labute approximate surface area is 126 Å². The molecule has 0 bridgehead atoms. The van der Waals surface area contributed by atoms with Crippen LogP contribution in [0.3, 0.4) is 0 Å². The highest BCUT2D eigenvalue weighted by Crippen LogP contribution is 2.26. The number of thiazole rings is 1. The molecule has 2 heterocycles. The van der Waals surface area contributed by atoms with E-state index in [1.165, 1.54) is 18.4 Å². The lowest BCUT2D eigenvalue weighted by atomic mass is 10.1. The van der Waals surface area contributed by atoms with Crippen LogP contribution in [0.2, 0.25) is 0 Å². The third-order valence-corrected chi connectivity index (χ3v) is 3.94. The van der Waals surface area contributed by atoms with Crippen LogP contribution in [0.4, 0.5) is 5.13 Å². The maximum Gasteiger partial charge on any atom is 0.354 e. The van der Waals surface area contributed by atoms with E-state index in [-0.39, 0.29) is 11.8 Å². The summed E-state index contributed by atoms with van der Waals surface area (Å²) in [7, 11) is 1.33. The summed E-state index contributed by atoms with van der Waals surface area (Å²) in [4.78, 5) is 30.4. The molecule has 2 N–H and O–H groups in total. The van der Waals surface area contributed by atoms with Gasteiger partial charge in [-0.15, -0.1) is 11.3 Å². The van der Waals surface area contributed by atoms with Crippen LogP contribution in [-0.2, 0) is 9.53 Å². The van der Waals surface area contributed by atoms with Gasteiger partial charge in [0.15, 0.2) is 5.13 Å². The van der Waals surface area contributed by atoms with Gasteiger partial charge in [-0.2, -0.15) is 0 Å². The first kappa shape index (κ1) is 15.2. The van der Waals surface area contributed by atoms with E-state index in [0.29, 0.717) is 16.5 Å². The number of carbonyl (C=O) groups is 2. The molecule has 7 heteroatoms. The van der Waals surface area contributed by atoms with Gasteiger partial charge in [-0.3, -0.25) is 4.79 Å². The lowest BCUT2D eigenvalue weighted by molar-refractivity contribution is -0.119. The second kappa shape index (κ2) is 6.53. The number of esters is 1. The van der Waals surface area contributed by atoms with Crippen LogP contribution in [-0.4, -0.2) is 29.0 Å². The predicted molar refractivity (Wildman–Crippen MR) is 81.3 cm³/mol. The number of amides is 1. The van der Waals surface area contributed by atoms with Crippen molar-refractivity contribution in [1.29, 1.82) is 0 Å². The Morgan fingerprint density at radius 2 is 2.29 bits per heavy atom. The number of methoxy groups -OCH3 is 1. The molecule has 0 aliphatic rings. The molecule has 2 rings (SSSR count). The smallest absolute Gasteiger partial charge is 0.354 e. The molecule has 1 atom stereocenters. The van der Waals surface area contributed by atoms with Crippen molar-refractivity contribution < 1.29 is 14.3 Å². The number of rotatable bonds is 5. The Morgan fingerprint density at radius 1 is 1.52 bits per heavy atom. The number of nitrogens with zero attached hydrogens (tertiary/aromatic N) is 1. The Kier molecular flexibility index (Phi) is 4.74. The fourth-order valence-corrected chi connectivity index (χ4v) is 2.37. The molecule has 0 aliphatic heterocycles. The van der Waals surface area contributed by atoms with E-state index in [1.54, 1.807) is 12.3 Å². The minimum Gasteiger partial charge on any atom is -0.464 e. The SMILES string of the molecule is CCC(C)C(=O)Nc1nc(-c2c[nH]c(C(=O)OC)c2)cs1. The molecule has 6 nitrogen and oxygen atoms in total. The van der Waals surface area contributed by atoms with Gasteiger partial charge in [0.25, 0.3) is 0 Å². The zero-order valence-corrected chi connectivity index (χ0v) is 12.9. The van der Waals surface area contributed by atoms with E-state index in [9.17, 15) is 9.59 Å². The lowest BCUT2D eigenvalue weighted by Crippen LogP contribution is -2.19. The van der Waals surface area contributed by atoms with Crippen LogP contribution in [0.15, 0.2) is 17.6 Å². The molecule has 21 heavy (non-hydrogen) atoms. The summed E-state index contributed by atoms with van der Waals surface area (Å²) in [6.07, 6.45) is 2.46. The molecule has 0 aliphatic carbocycles.